The van der Waals surface area contributed by atoms with Gasteiger partial charge in [0.1, 0.15) is 0 Å². The molecule has 1 aromatic rings. The molecule has 0 radical (unpaired) electrons. The molecule has 1 amide bonds. The van der Waals surface area contributed by atoms with Gasteiger partial charge in [0.05, 0.1) is 12.0 Å². The Hall–Kier alpha value is -2.04. The Balaban J connectivity index is 2.04. The minimum absolute atomic E-state index is 0.0539. The van der Waals surface area contributed by atoms with Crippen LogP contribution in [-0.4, -0.2) is 49.5 Å². The van der Waals surface area contributed by atoms with E-state index in [1.807, 2.05) is 20.8 Å². The smallest absolute Gasteiger partial charge is 0.227 e. The number of rotatable bonds is 6. The lowest BCUT2D eigenvalue weighted by Crippen LogP contribution is -2.43. The molecule has 1 aliphatic heterocycles. The molecule has 0 saturated carbocycles. The average Bonchev–Trinajstić information content (AvgIpc) is 3.09. The highest BCUT2D eigenvalue weighted by Gasteiger charge is 2.29. The molecule has 1 saturated heterocycles. The zero-order valence-electron chi connectivity index (χ0n) is 16.0. The summed E-state index contributed by atoms with van der Waals surface area (Å²) in [6, 6.07) is 10.7. The number of guanidine groups is 1. The summed E-state index contributed by atoms with van der Waals surface area (Å²) in [6.07, 6.45) is 1.13. The molecule has 0 aromatic heterocycles. The van der Waals surface area contributed by atoms with Gasteiger partial charge in [0.15, 0.2) is 5.96 Å². The lowest BCUT2D eigenvalue weighted by Gasteiger charge is -2.25. The molecule has 2 N–H and O–H groups in total. The molecule has 25 heavy (non-hydrogen) atoms. The Kier molecular flexibility index (Phi) is 6.85. The second-order valence-electron chi connectivity index (χ2n) is 7.26. The molecule has 0 aliphatic carbocycles. The highest BCUT2D eigenvalue weighted by atomic mass is 16.2. The van der Waals surface area contributed by atoms with E-state index in [0.29, 0.717) is 19.0 Å². The summed E-state index contributed by atoms with van der Waals surface area (Å²) < 4.78 is 0. The summed E-state index contributed by atoms with van der Waals surface area (Å²) in [7, 11) is 0. The van der Waals surface area contributed by atoms with Gasteiger partial charge < -0.3 is 15.5 Å². The van der Waals surface area contributed by atoms with Crippen molar-refractivity contribution in [3.05, 3.63) is 35.9 Å². The maximum atomic E-state index is 12.2. The first kappa shape index (κ1) is 19.3. The van der Waals surface area contributed by atoms with Crippen molar-refractivity contribution in [2.75, 3.05) is 32.7 Å². The fraction of sp³-hybridized carbons (Fsp3) is 0.600. The van der Waals surface area contributed by atoms with E-state index in [-0.39, 0.29) is 5.91 Å². The van der Waals surface area contributed by atoms with Crippen LogP contribution in [-0.2, 0) is 4.79 Å². The Morgan fingerprint density at radius 2 is 1.88 bits per heavy atom. The van der Waals surface area contributed by atoms with E-state index in [9.17, 15) is 4.79 Å². The lowest BCUT2D eigenvalue weighted by molar-refractivity contribution is -0.128. The van der Waals surface area contributed by atoms with E-state index in [1.54, 1.807) is 0 Å². The molecule has 5 nitrogen and oxygen atoms in total. The Labute approximate surface area is 151 Å². The fourth-order valence-corrected chi connectivity index (χ4v) is 3.12. The van der Waals surface area contributed by atoms with Crippen LogP contribution in [0.3, 0.4) is 0 Å². The van der Waals surface area contributed by atoms with E-state index in [2.05, 4.69) is 52.8 Å². The van der Waals surface area contributed by atoms with Crippen LogP contribution in [0, 0.1) is 5.41 Å². The fourth-order valence-electron chi connectivity index (χ4n) is 3.12. The predicted molar refractivity (Wildman–Crippen MR) is 104 cm³/mol. The zero-order valence-corrected chi connectivity index (χ0v) is 16.0. The first-order valence-electron chi connectivity index (χ1n) is 9.34. The summed E-state index contributed by atoms with van der Waals surface area (Å²) in [5.41, 5.74) is 0.887. The van der Waals surface area contributed by atoms with Gasteiger partial charge in [0, 0.05) is 32.1 Å². The minimum Gasteiger partial charge on any atom is -0.357 e. The topological polar surface area (TPSA) is 56.7 Å². The highest BCUT2D eigenvalue weighted by Crippen LogP contribution is 2.27. The van der Waals surface area contributed by atoms with E-state index in [0.717, 1.165) is 32.0 Å². The van der Waals surface area contributed by atoms with Crippen molar-refractivity contribution >= 4 is 11.9 Å². The van der Waals surface area contributed by atoms with Crippen LogP contribution in [0.15, 0.2) is 35.3 Å². The number of carbonyl (C=O) groups is 1. The summed E-state index contributed by atoms with van der Waals surface area (Å²) in [6.45, 7) is 11.8. The average molecular weight is 345 g/mol. The molecule has 2 rings (SSSR count). The number of likely N-dealkylation sites (tertiary alicyclic amines) is 1. The third-order valence-corrected chi connectivity index (χ3v) is 4.67. The van der Waals surface area contributed by atoms with Gasteiger partial charge in [0.2, 0.25) is 5.91 Å². The summed E-state index contributed by atoms with van der Waals surface area (Å²) >= 11 is 0. The number of nitrogens with zero attached hydrogens (tertiary/aromatic N) is 2. The van der Waals surface area contributed by atoms with Crippen LogP contribution in [0.4, 0.5) is 0 Å². The first-order chi connectivity index (χ1) is 12.0. The standard InChI is InChI=1S/C20H32N4O/c1-5-21-18(25)20(3,4)15-23-19(22-6-2)24-13-12-17(14-24)16-10-8-7-9-11-16/h7-11,17H,5-6,12-15H2,1-4H3,(H,21,25)(H,22,23). The molecule has 1 aromatic carbocycles. The molecular formula is C20H32N4O. The second-order valence-corrected chi connectivity index (χ2v) is 7.26. The monoisotopic (exact) mass is 344 g/mol. The number of amides is 1. The molecule has 1 fully saturated rings. The van der Waals surface area contributed by atoms with Gasteiger partial charge in [0.25, 0.3) is 0 Å². The van der Waals surface area contributed by atoms with Crippen molar-refractivity contribution in [1.82, 2.24) is 15.5 Å². The lowest BCUT2D eigenvalue weighted by atomic mass is 9.92. The van der Waals surface area contributed by atoms with Gasteiger partial charge in [-0.3, -0.25) is 9.79 Å². The first-order valence-corrected chi connectivity index (χ1v) is 9.34. The van der Waals surface area contributed by atoms with E-state index < -0.39 is 5.41 Å². The SMILES string of the molecule is CCNC(=O)C(C)(C)CN=C(NCC)N1CCC(c2ccccc2)C1. The van der Waals surface area contributed by atoms with Crippen molar-refractivity contribution in [2.24, 2.45) is 10.4 Å². The van der Waals surface area contributed by atoms with E-state index >= 15 is 0 Å². The van der Waals surface area contributed by atoms with Crippen LogP contribution in [0.5, 0.6) is 0 Å². The quantitative estimate of drug-likeness (QED) is 0.616. The molecule has 1 unspecified atom stereocenters. The van der Waals surface area contributed by atoms with Gasteiger partial charge in [-0.05, 0) is 39.7 Å². The Bertz CT molecular complexity index is 583. The summed E-state index contributed by atoms with van der Waals surface area (Å²) in [5.74, 6) is 1.51. The Morgan fingerprint density at radius 1 is 1.20 bits per heavy atom. The molecule has 5 heteroatoms. The van der Waals surface area contributed by atoms with Crippen LogP contribution >= 0.6 is 0 Å². The van der Waals surface area contributed by atoms with Crippen LogP contribution in [0.1, 0.15) is 45.6 Å². The largest absolute Gasteiger partial charge is 0.357 e. The van der Waals surface area contributed by atoms with Gasteiger partial charge in [-0.25, -0.2) is 0 Å². The normalized spacial score (nSPS) is 18.3. The molecule has 1 aliphatic rings. The second kappa shape index (κ2) is 8.88. The van der Waals surface area contributed by atoms with Crippen molar-refractivity contribution < 1.29 is 4.79 Å². The number of hydrogen-bond acceptors (Lipinski definition) is 2. The van der Waals surface area contributed by atoms with Crippen LogP contribution in [0.25, 0.3) is 0 Å². The van der Waals surface area contributed by atoms with Gasteiger partial charge in [-0.15, -0.1) is 0 Å². The van der Waals surface area contributed by atoms with Crippen LogP contribution < -0.4 is 10.6 Å². The zero-order chi connectivity index (χ0) is 18.3. The molecule has 0 bridgehead atoms. The van der Waals surface area contributed by atoms with Gasteiger partial charge >= 0.3 is 0 Å². The van der Waals surface area contributed by atoms with Gasteiger partial charge in [-0.1, -0.05) is 30.3 Å². The van der Waals surface area contributed by atoms with E-state index in [1.165, 1.54) is 5.56 Å². The highest BCUT2D eigenvalue weighted by molar-refractivity contribution is 5.84. The van der Waals surface area contributed by atoms with E-state index in [4.69, 9.17) is 4.99 Å². The molecule has 0 spiro atoms. The van der Waals surface area contributed by atoms with Crippen molar-refractivity contribution in [3.8, 4) is 0 Å². The maximum Gasteiger partial charge on any atom is 0.227 e. The van der Waals surface area contributed by atoms with Crippen molar-refractivity contribution in [3.63, 3.8) is 0 Å². The number of hydrogen-bond donors (Lipinski definition) is 2. The number of aliphatic imine (C=N–C) groups is 1. The third-order valence-electron chi connectivity index (χ3n) is 4.67. The molecular weight excluding hydrogens is 312 g/mol. The Morgan fingerprint density at radius 3 is 2.52 bits per heavy atom. The molecule has 1 heterocycles. The molecule has 138 valence electrons. The number of benzene rings is 1. The minimum atomic E-state index is -0.505. The maximum absolute atomic E-state index is 12.2. The van der Waals surface area contributed by atoms with Crippen molar-refractivity contribution in [2.45, 2.75) is 40.0 Å². The third kappa shape index (κ3) is 5.21. The summed E-state index contributed by atoms with van der Waals surface area (Å²) in [4.78, 5) is 19.3. The number of nitrogens with one attached hydrogen (secondary N) is 2. The molecule has 1 atom stereocenters. The van der Waals surface area contributed by atoms with Crippen molar-refractivity contribution in [1.29, 1.82) is 0 Å². The van der Waals surface area contributed by atoms with Crippen LogP contribution in [0.2, 0.25) is 0 Å². The predicted octanol–water partition coefficient (Wildman–Crippen LogP) is 2.60. The number of carbonyl (C=O) groups excluding carboxylic acids is 1. The van der Waals surface area contributed by atoms with Gasteiger partial charge in [-0.2, -0.15) is 0 Å². The summed E-state index contributed by atoms with van der Waals surface area (Å²) in [5, 5.41) is 6.28.